The molecule has 5 rings (SSSR count). The Labute approximate surface area is 187 Å². The average Bonchev–Trinajstić information content (AvgIpc) is 3.27. The van der Waals surface area contributed by atoms with Crippen molar-refractivity contribution >= 4 is 34.1 Å². The standard InChI is InChI=1S/C28H23NOS/c1-2-11-26(12-3-1)30-28(29-25-15-13-22-9-6-10-23(22)19-25)17-18-31-27-16-14-21-7-4-5-8-24(21)20-27/h1-5,7-8,11-20H,6,9-10H2/b18-17+,29-28-. The number of hydrogen-bond donors (Lipinski definition) is 0. The van der Waals surface area contributed by atoms with Crippen molar-refractivity contribution < 1.29 is 4.74 Å². The zero-order valence-electron chi connectivity index (χ0n) is 17.2. The molecule has 0 aromatic heterocycles. The Morgan fingerprint density at radius 2 is 1.58 bits per heavy atom. The molecule has 4 aromatic rings. The predicted octanol–water partition coefficient (Wildman–Crippen LogP) is 7.74. The second kappa shape index (κ2) is 9.23. The summed E-state index contributed by atoms with van der Waals surface area (Å²) in [5.41, 5.74) is 3.80. The first-order valence-electron chi connectivity index (χ1n) is 10.6. The maximum absolute atomic E-state index is 6.10. The summed E-state index contributed by atoms with van der Waals surface area (Å²) in [4.78, 5) is 5.99. The monoisotopic (exact) mass is 421 g/mol. The van der Waals surface area contributed by atoms with Crippen molar-refractivity contribution in [2.75, 3.05) is 0 Å². The van der Waals surface area contributed by atoms with Crippen LogP contribution < -0.4 is 4.74 Å². The molecule has 0 aliphatic heterocycles. The van der Waals surface area contributed by atoms with Crippen LogP contribution in [0, 0.1) is 0 Å². The first-order chi connectivity index (χ1) is 15.3. The zero-order valence-corrected chi connectivity index (χ0v) is 18.0. The first-order valence-corrected chi connectivity index (χ1v) is 11.5. The van der Waals surface area contributed by atoms with Gasteiger partial charge in [-0.05, 0) is 83.0 Å². The third kappa shape index (κ3) is 4.89. The molecule has 152 valence electrons. The van der Waals surface area contributed by atoms with Crippen LogP contribution >= 0.6 is 11.8 Å². The molecule has 0 heterocycles. The molecule has 0 N–H and O–H groups in total. The molecule has 0 saturated carbocycles. The van der Waals surface area contributed by atoms with Crippen LogP contribution in [0.3, 0.4) is 0 Å². The van der Waals surface area contributed by atoms with E-state index >= 15 is 0 Å². The van der Waals surface area contributed by atoms with Crippen molar-refractivity contribution in [3.8, 4) is 5.75 Å². The van der Waals surface area contributed by atoms with E-state index in [1.807, 2.05) is 41.8 Å². The van der Waals surface area contributed by atoms with Crippen molar-refractivity contribution in [3.05, 3.63) is 114 Å². The number of fused-ring (bicyclic) bond motifs is 2. The summed E-state index contributed by atoms with van der Waals surface area (Å²) in [6, 6.07) is 31.2. The fraction of sp³-hybridized carbons (Fsp3) is 0.107. The Bertz CT molecular complexity index is 1260. The van der Waals surface area contributed by atoms with E-state index in [1.54, 1.807) is 11.8 Å². The lowest BCUT2D eigenvalue weighted by molar-refractivity contribution is 0.556. The van der Waals surface area contributed by atoms with Crippen molar-refractivity contribution in [2.45, 2.75) is 24.2 Å². The van der Waals surface area contributed by atoms with Gasteiger partial charge in [0, 0.05) is 11.0 Å². The molecule has 4 aromatic carbocycles. The maximum atomic E-state index is 6.10. The molecule has 0 unspecified atom stereocenters. The van der Waals surface area contributed by atoms with Gasteiger partial charge in [0.05, 0.1) is 5.69 Å². The number of ether oxygens (including phenoxy) is 1. The van der Waals surface area contributed by atoms with Gasteiger partial charge in [0.2, 0.25) is 5.90 Å². The molecule has 1 aliphatic rings. The predicted molar refractivity (Wildman–Crippen MR) is 132 cm³/mol. The molecule has 0 amide bonds. The lowest BCUT2D eigenvalue weighted by Crippen LogP contribution is -2.04. The highest BCUT2D eigenvalue weighted by atomic mass is 32.2. The lowest BCUT2D eigenvalue weighted by atomic mass is 10.1. The smallest absolute Gasteiger partial charge is 0.220 e. The molecule has 0 spiro atoms. The van der Waals surface area contributed by atoms with E-state index < -0.39 is 0 Å². The Kier molecular flexibility index (Phi) is 5.85. The molecule has 31 heavy (non-hydrogen) atoms. The summed E-state index contributed by atoms with van der Waals surface area (Å²) in [5.74, 6) is 1.36. The highest BCUT2D eigenvalue weighted by molar-refractivity contribution is 8.02. The van der Waals surface area contributed by atoms with Crippen LogP contribution in [0.4, 0.5) is 5.69 Å². The van der Waals surface area contributed by atoms with E-state index in [0.717, 1.165) is 17.9 Å². The van der Waals surface area contributed by atoms with Gasteiger partial charge in [-0.3, -0.25) is 0 Å². The van der Waals surface area contributed by atoms with Crippen LogP contribution in [0.5, 0.6) is 5.75 Å². The summed E-state index contributed by atoms with van der Waals surface area (Å²) >= 11 is 1.66. The van der Waals surface area contributed by atoms with Crippen molar-refractivity contribution in [3.63, 3.8) is 0 Å². The van der Waals surface area contributed by atoms with Crippen molar-refractivity contribution in [1.82, 2.24) is 0 Å². The number of para-hydroxylation sites is 1. The van der Waals surface area contributed by atoms with Gasteiger partial charge in [-0.25, -0.2) is 4.99 Å². The number of thioether (sulfide) groups is 1. The van der Waals surface area contributed by atoms with Gasteiger partial charge in [-0.15, -0.1) is 0 Å². The third-order valence-corrected chi connectivity index (χ3v) is 6.22. The molecule has 0 atom stereocenters. The van der Waals surface area contributed by atoms with Crippen LogP contribution in [0.25, 0.3) is 10.8 Å². The van der Waals surface area contributed by atoms with Gasteiger partial charge < -0.3 is 4.74 Å². The van der Waals surface area contributed by atoms with Crippen LogP contribution in [0.2, 0.25) is 0 Å². The number of hydrogen-bond acceptors (Lipinski definition) is 3. The Hall–Kier alpha value is -3.30. The number of rotatable bonds is 5. The van der Waals surface area contributed by atoms with Gasteiger partial charge in [-0.1, -0.05) is 66.4 Å². The van der Waals surface area contributed by atoms with Gasteiger partial charge in [0.15, 0.2) is 0 Å². The summed E-state index contributed by atoms with van der Waals surface area (Å²) < 4.78 is 6.10. The zero-order chi connectivity index (χ0) is 20.9. The normalized spacial score (nSPS) is 13.6. The fourth-order valence-corrected chi connectivity index (χ4v) is 4.55. The van der Waals surface area contributed by atoms with Crippen molar-refractivity contribution in [2.24, 2.45) is 4.99 Å². The van der Waals surface area contributed by atoms with Crippen molar-refractivity contribution in [1.29, 1.82) is 0 Å². The Balaban J connectivity index is 1.39. The average molecular weight is 422 g/mol. The SMILES string of the molecule is C(=C\C(=N\c1ccc2c(c1)CCC2)Oc1ccccc1)/Sc1ccc2ccccc2c1. The molecule has 2 nitrogen and oxygen atoms in total. The highest BCUT2D eigenvalue weighted by Crippen LogP contribution is 2.27. The summed E-state index contributed by atoms with van der Waals surface area (Å²) in [7, 11) is 0. The molecule has 0 radical (unpaired) electrons. The van der Waals surface area contributed by atoms with Gasteiger partial charge >= 0.3 is 0 Å². The van der Waals surface area contributed by atoms with E-state index in [9.17, 15) is 0 Å². The number of aliphatic imine (C=N–C) groups is 1. The largest absolute Gasteiger partial charge is 0.439 e. The van der Waals surface area contributed by atoms with Gasteiger partial charge in [0.25, 0.3) is 0 Å². The fourth-order valence-electron chi connectivity index (χ4n) is 3.87. The minimum absolute atomic E-state index is 0.581. The summed E-state index contributed by atoms with van der Waals surface area (Å²) in [6.07, 6.45) is 5.49. The summed E-state index contributed by atoms with van der Waals surface area (Å²) in [5, 5.41) is 4.54. The highest BCUT2D eigenvalue weighted by Gasteiger charge is 2.11. The number of nitrogens with zero attached hydrogens (tertiary/aromatic N) is 1. The second-order valence-corrected chi connectivity index (χ2v) is 8.58. The minimum atomic E-state index is 0.581. The molecule has 3 heteroatoms. The van der Waals surface area contributed by atoms with E-state index in [0.29, 0.717) is 5.90 Å². The molecular formula is C28H23NOS. The molecule has 1 aliphatic carbocycles. The van der Waals surface area contributed by atoms with Crippen LogP contribution in [0.1, 0.15) is 17.5 Å². The van der Waals surface area contributed by atoms with E-state index in [4.69, 9.17) is 9.73 Å². The topological polar surface area (TPSA) is 21.6 Å². The first kappa shape index (κ1) is 19.7. The molecule has 0 fully saturated rings. The minimum Gasteiger partial charge on any atom is -0.439 e. The maximum Gasteiger partial charge on any atom is 0.220 e. The van der Waals surface area contributed by atoms with E-state index in [1.165, 1.54) is 39.6 Å². The lowest BCUT2D eigenvalue weighted by Gasteiger charge is -2.07. The quantitative estimate of drug-likeness (QED) is 0.187. The molecule has 0 bridgehead atoms. The second-order valence-electron chi connectivity index (χ2n) is 7.60. The van der Waals surface area contributed by atoms with Crippen LogP contribution in [-0.4, -0.2) is 5.90 Å². The number of aryl methyl sites for hydroxylation is 2. The third-order valence-electron chi connectivity index (χ3n) is 5.42. The van der Waals surface area contributed by atoms with Crippen LogP contribution in [0.15, 0.2) is 112 Å². The number of benzene rings is 4. The van der Waals surface area contributed by atoms with E-state index in [-0.39, 0.29) is 0 Å². The van der Waals surface area contributed by atoms with E-state index in [2.05, 4.69) is 60.7 Å². The molecular weight excluding hydrogens is 398 g/mol. The Morgan fingerprint density at radius 3 is 2.48 bits per heavy atom. The summed E-state index contributed by atoms with van der Waals surface area (Å²) in [6.45, 7) is 0. The molecule has 0 saturated heterocycles. The van der Waals surface area contributed by atoms with Crippen LogP contribution in [-0.2, 0) is 12.8 Å². The van der Waals surface area contributed by atoms with Gasteiger partial charge in [-0.2, -0.15) is 0 Å². The Morgan fingerprint density at radius 1 is 0.774 bits per heavy atom. The van der Waals surface area contributed by atoms with Gasteiger partial charge in [0.1, 0.15) is 5.75 Å².